The second-order valence-corrected chi connectivity index (χ2v) is 8.77. The van der Waals surface area contributed by atoms with Crippen LogP contribution in [0.3, 0.4) is 0 Å². The second-order valence-electron chi connectivity index (χ2n) is 8.77. The first-order chi connectivity index (χ1) is 17.9. The third-order valence-electron chi connectivity index (χ3n) is 6.48. The van der Waals surface area contributed by atoms with Crippen LogP contribution in [0.25, 0.3) is 32.7 Å². The first-order valence-electron chi connectivity index (χ1n) is 12.2. The van der Waals surface area contributed by atoms with Gasteiger partial charge in [0.1, 0.15) is 0 Å². The van der Waals surface area contributed by atoms with Crippen LogP contribution in [0.4, 0.5) is 11.4 Å². The minimum absolute atomic E-state index is 0.646. The average Bonchev–Trinajstić information content (AvgIpc) is 2.95. The molecule has 0 aliphatic heterocycles. The molecule has 4 heteroatoms. The monoisotopic (exact) mass is 466 g/mol. The molecule has 0 atom stereocenters. The largest absolute Gasteiger partial charge is 0.379 e. The van der Waals surface area contributed by atoms with Gasteiger partial charge in [0, 0.05) is 34.9 Å². The van der Waals surface area contributed by atoms with E-state index in [1.165, 1.54) is 32.7 Å². The maximum atomic E-state index is 4.51. The van der Waals surface area contributed by atoms with Gasteiger partial charge in [-0.25, -0.2) is 0 Å². The molecule has 0 fully saturated rings. The molecule has 0 saturated carbocycles. The molecule has 4 aromatic carbocycles. The predicted octanol–water partition coefficient (Wildman–Crippen LogP) is 7.67. The first kappa shape index (κ1) is 21.8. The summed E-state index contributed by atoms with van der Waals surface area (Å²) in [4.78, 5) is 9.01. The molecular weight excluding hydrogens is 440 g/mol. The highest BCUT2D eigenvalue weighted by Gasteiger charge is 2.17. The number of nitrogens with zero attached hydrogens (tertiary/aromatic N) is 2. The van der Waals surface area contributed by atoms with Crippen molar-refractivity contribution in [2.75, 3.05) is 10.6 Å². The molecule has 0 aliphatic rings. The molecule has 0 spiro atoms. The minimum Gasteiger partial charge on any atom is -0.379 e. The van der Waals surface area contributed by atoms with Crippen molar-refractivity contribution < 1.29 is 0 Å². The molecule has 0 bridgehead atoms. The van der Waals surface area contributed by atoms with Crippen LogP contribution in [0.2, 0.25) is 0 Å². The van der Waals surface area contributed by atoms with Crippen LogP contribution in [-0.2, 0) is 13.1 Å². The Bertz CT molecular complexity index is 1500. The zero-order valence-electron chi connectivity index (χ0n) is 19.9. The molecule has 4 nitrogen and oxygen atoms in total. The van der Waals surface area contributed by atoms with Gasteiger partial charge in [0.25, 0.3) is 0 Å². The highest BCUT2D eigenvalue weighted by Crippen LogP contribution is 2.43. The van der Waals surface area contributed by atoms with E-state index in [0.29, 0.717) is 13.1 Å². The van der Waals surface area contributed by atoms with Crippen molar-refractivity contribution >= 4 is 32.9 Å². The van der Waals surface area contributed by atoms with E-state index in [2.05, 4.69) is 93.4 Å². The van der Waals surface area contributed by atoms with Gasteiger partial charge < -0.3 is 10.6 Å². The fourth-order valence-electron chi connectivity index (χ4n) is 4.75. The summed E-state index contributed by atoms with van der Waals surface area (Å²) < 4.78 is 0. The maximum Gasteiger partial charge on any atom is 0.0594 e. The molecule has 0 saturated heterocycles. The van der Waals surface area contributed by atoms with Gasteiger partial charge in [0.2, 0.25) is 0 Å². The number of benzene rings is 4. The van der Waals surface area contributed by atoms with E-state index in [9.17, 15) is 0 Å². The standard InChI is InChI=1S/C32H26N4/c1-3-13-27-23(9-1)15-17-29(35-21-25-11-5-7-19-33-25)31(27)32-28-14-4-2-10-24(28)16-18-30(32)36-22-26-12-6-8-20-34-26/h1-20,35-36H,21-22H2. The molecule has 0 radical (unpaired) electrons. The molecule has 0 unspecified atom stereocenters. The third-order valence-corrected chi connectivity index (χ3v) is 6.48. The van der Waals surface area contributed by atoms with E-state index in [1.807, 2.05) is 48.8 Å². The average molecular weight is 467 g/mol. The van der Waals surface area contributed by atoms with Crippen LogP contribution < -0.4 is 10.6 Å². The number of nitrogens with one attached hydrogen (secondary N) is 2. The summed E-state index contributed by atoms with van der Waals surface area (Å²) in [6.07, 6.45) is 3.67. The van der Waals surface area contributed by atoms with Gasteiger partial charge in [-0.05, 0) is 57.9 Å². The quantitative estimate of drug-likeness (QED) is 0.253. The summed E-state index contributed by atoms with van der Waals surface area (Å²) in [5.74, 6) is 0. The van der Waals surface area contributed by atoms with Gasteiger partial charge in [-0.15, -0.1) is 0 Å². The number of anilines is 2. The van der Waals surface area contributed by atoms with Gasteiger partial charge >= 0.3 is 0 Å². The van der Waals surface area contributed by atoms with Crippen molar-refractivity contribution in [3.63, 3.8) is 0 Å². The predicted molar refractivity (Wildman–Crippen MR) is 150 cm³/mol. The van der Waals surface area contributed by atoms with Gasteiger partial charge in [-0.1, -0.05) is 72.8 Å². The summed E-state index contributed by atoms with van der Waals surface area (Å²) in [5.41, 5.74) is 6.54. The number of aromatic nitrogens is 2. The first-order valence-corrected chi connectivity index (χ1v) is 12.2. The van der Waals surface area contributed by atoms with Gasteiger partial charge in [-0.3, -0.25) is 9.97 Å². The van der Waals surface area contributed by atoms with Gasteiger partial charge in [-0.2, -0.15) is 0 Å². The van der Waals surface area contributed by atoms with Crippen LogP contribution in [0.1, 0.15) is 11.4 Å². The highest BCUT2D eigenvalue weighted by atomic mass is 14.9. The Kier molecular flexibility index (Phi) is 5.99. The van der Waals surface area contributed by atoms with Crippen molar-refractivity contribution in [3.05, 3.63) is 133 Å². The van der Waals surface area contributed by atoms with Gasteiger partial charge in [0.05, 0.1) is 24.5 Å². The summed E-state index contributed by atoms with van der Waals surface area (Å²) in [6, 6.07) is 38.0. The normalized spacial score (nSPS) is 11.0. The topological polar surface area (TPSA) is 49.8 Å². The van der Waals surface area contributed by atoms with Crippen molar-refractivity contribution in [1.29, 1.82) is 0 Å². The second kappa shape index (κ2) is 9.88. The van der Waals surface area contributed by atoms with E-state index in [4.69, 9.17) is 0 Å². The Morgan fingerprint density at radius 2 is 0.889 bits per heavy atom. The zero-order valence-corrected chi connectivity index (χ0v) is 19.9. The van der Waals surface area contributed by atoms with Crippen LogP contribution >= 0.6 is 0 Å². The third kappa shape index (κ3) is 4.37. The molecule has 6 aromatic rings. The number of pyridine rings is 2. The van der Waals surface area contributed by atoms with Crippen LogP contribution in [-0.4, -0.2) is 9.97 Å². The lowest BCUT2D eigenvalue weighted by Crippen LogP contribution is -2.06. The van der Waals surface area contributed by atoms with E-state index in [-0.39, 0.29) is 0 Å². The zero-order chi connectivity index (χ0) is 24.2. The fourth-order valence-corrected chi connectivity index (χ4v) is 4.75. The van der Waals surface area contributed by atoms with Crippen molar-refractivity contribution in [2.24, 2.45) is 0 Å². The Labute approximate surface area is 210 Å². The number of hydrogen-bond acceptors (Lipinski definition) is 4. The Morgan fingerprint density at radius 1 is 0.444 bits per heavy atom. The minimum atomic E-state index is 0.646. The molecule has 2 heterocycles. The summed E-state index contributed by atoms with van der Waals surface area (Å²) >= 11 is 0. The Balaban J connectivity index is 1.53. The molecule has 2 aromatic heterocycles. The molecule has 6 rings (SSSR count). The molecule has 2 N–H and O–H groups in total. The lowest BCUT2D eigenvalue weighted by atomic mass is 9.91. The van der Waals surface area contributed by atoms with Crippen LogP contribution in [0, 0.1) is 0 Å². The van der Waals surface area contributed by atoms with E-state index in [1.54, 1.807) is 0 Å². The molecule has 0 amide bonds. The Morgan fingerprint density at radius 3 is 1.33 bits per heavy atom. The van der Waals surface area contributed by atoms with Crippen LogP contribution in [0.15, 0.2) is 122 Å². The highest BCUT2D eigenvalue weighted by molar-refractivity contribution is 6.13. The lowest BCUT2D eigenvalue weighted by molar-refractivity contribution is 1.04. The summed E-state index contributed by atoms with van der Waals surface area (Å²) in [6.45, 7) is 1.29. The molecular formula is C32H26N4. The van der Waals surface area contributed by atoms with Crippen molar-refractivity contribution in [1.82, 2.24) is 9.97 Å². The fraction of sp³-hybridized carbons (Fsp3) is 0.0625. The molecule has 36 heavy (non-hydrogen) atoms. The molecule has 0 aliphatic carbocycles. The maximum absolute atomic E-state index is 4.51. The summed E-state index contributed by atoms with van der Waals surface area (Å²) in [7, 11) is 0. The van der Waals surface area contributed by atoms with Crippen molar-refractivity contribution in [2.45, 2.75) is 13.1 Å². The number of hydrogen-bond donors (Lipinski definition) is 2. The van der Waals surface area contributed by atoms with Crippen molar-refractivity contribution in [3.8, 4) is 11.1 Å². The SMILES string of the molecule is c1ccc(CNc2ccc3ccccc3c2-c2c(NCc3ccccn3)ccc3ccccc23)nc1. The van der Waals surface area contributed by atoms with E-state index < -0.39 is 0 Å². The Hall–Kier alpha value is -4.70. The van der Waals surface area contributed by atoms with E-state index >= 15 is 0 Å². The van der Waals surface area contributed by atoms with Gasteiger partial charge in [0.15, 0.2) is 0 Å². The smallest absolute Gasteiger partial charge is 0.0594 e. The summed E-state index contributed by atoms with van der Waals surface area (Å²) in [5, 5.41) is 12.2. The lowest BCUT2D eigenvalue weighted by Gasteiger charge is -2.21. The van der Waals surface area contributed by atoms with Crippen LogP contribution in [0.5, 0.6) is 0 Å². The molecule has 174 valence electrons. The van der Waals surface area contributed by atoms with E-state index in [0.717, 1.165) is 22.8 Å². The number of fused-ring (bicyclic) bond motifs is 2. The number of rotatable bonds is 7.